The van der Waals surface area contributed by atoms with E-state index in [4.69, 9.17) is 14.6 Å². The van der Waals surface area contributed by atoms with Gasteiger partial charge in [0.25, 0.3) is 0 Å². The average molecular weight is 526 g/mol. The lowest BCUT2D eigenvalue weighted by Crippen LogP contribution is -2.34. The quantitative estimate of drug-likeness (QED) is 0.202. The largest absolute Gasteiger partial charge is 0.484 e. The normalized spacial score (nSPS) is 17.8. The first-order valence-electron chi connectivity index (χ1n) is 13.1. The Morgan fingerprint density at radius 2 is 1.92 bits per heavy atom. The molecule has 37 heavy (non-hydrogen) atoms. The van der Waals surface area contributed by atoms with Gasteiger partial charge in [-0.1, -0.05) is 19.6 Å². The maximum Gasteiger partial charge on any atom is 0.167 e. The molecule has 10 heteroatoms. The van der Waals surface area contributed by atoms with Crippen LogP contribution in [0, 0.1) is 11.7 Å². The SMILES string of the molecule is CC1(Oc2cc3c(-c4cc(N5CCC(C=O)CC5)ncn4)n(COCC[Si](C)(C)C)nc3cc2F)CC1. The third-order valence-corrected chi connectivity index (χ3v) is 8.97. The third kappa shape index (κ3) is 6.01. The summed E-state index contributed by atoms with van der Waals surface area (Å²) < 4.78 is 28.8. The molecule has 0 N–H and O–H groups in total. The molecule has 1 aliphatic heterocycles. The highest BCUT2D eigenvalue weighted by Gasteiger charge is 2.40. The van der Waals surface area contributed by atoms with Gasteiger partial charge in [0.15, 0.2) is 11.6 Å². The average Bonchev–Trinajstić information content (AvgIpc) is 3.49. The van der Waals surface area contributed by atoms with Gasteiger partial charge >= 0.3 is 0 Å². The van der Waals surface area contributed by atoms with Crippen molar-refractivity contribution in [3.05, 3.63) is 30.3 Å². The monoisotopic (exact) mass is 525 g/mol. The number of benzene rings is 1. The summed E-state index contributed by atoms with van der Waals surface area (Å²) in [5.41, 5.74) is 1.66. The van der Waals surface area contributed by atoms with Crippen molar-refractivity contribution in [3.63, 3.8) is 0 Å². The van der Waals surface area contributed by atoms with Gasteiger partial charge in [0, 0.05) is 51.2 Å². The van der Waals surface area contributed by atoms with Crippen LogP contribution in [-0.2, 0) is 16.3 Å². The lowest BCUT2D eigenvalue weighted by Gasteiger charge is -2.30. The van der Waals surface area contributed by atoms with Crippen LogP contribution < -0.4 is 9.64 Å². The van der Waals surface area contributed by atoms with Crippen LogP contribution in [0.3, 0.4) is 0 Å². The number of ether oxygens (including phenoxy) is 2. The van der Waals surface area contributed by atoms with Crippen LogP contribution >= 0.6 is 0 Å². The number of anilines is 1. The van der Waals surface area contributed by atoms with Crippen LogP contribution in [0.25, 0.3) is 22.3 Å². The van der Waals surface area contributed by atoms with E-state index >= 15 is 0 Å². The molecule has 2 aliphatic rings. The third-order valence-electron chi connectivity index (χ3n) is 7.26. The van der Waals surface area contributed by atoms with Gasteiger partial charge in [-0.05, 0) is 44.7 Å². The number of hydrogen-bond acceptors (Lipinski definition) is 7. The first kappa shape index (κ1) is 25.8. The van der Waals surface area contributed by atoms with Gasteiger partial charge in [-0.3, -0.25) is 0 Å². The highest BCUT2D eigenvalue weighted by molar-refractivity contribution is 6.76. The van der Waals surface area contributed by atoms with E-state index in [1.165, 1.54) is 6.07 Å². The first-order valence-corrected chi connectivity index (χ1v) is 16.8. The predicted octanol–water partition coefficient (Wildman–Crippen LogP) is 5.29. The molecule has 0 radical (unpaired) electrons. The summed E-state index contributed by atoms with van der Waals surface area (Å²) in [6.07, 6.45) is 6.06. The summed E-state index contributed by atoms with van der Waals surface area (Å²) in [6.45, 7) is 11.4. The minimum Gasteiger partial charge on any atom is -0.484 e. The molecular weight excluding hydrogens is 489 g/mol. The fraction of sp³-hybridized carbons (Fsp3) is 0.556. The van der Waals surface area contributed by atoms with Crippen molar-refractivity contribution in [1.29, 1.82) is 0 Å². The smallest absolute Gasteiger partial charge is 0.167 e. The second-order valence-corrected chi connectivity index (χ2v) is 17.4. The minimum absolute atomic E-state index is 0.109. The van der Waals surface area contributed by atoms with E-state index in [-0.39, 0.29) is 24.0 Å². The molecule has 0 atom stereocenters. The molecule has 3 aromatic rings. The van der Waals surface area contributed by atoms with Crippen LogP contribution in [0.2, 0.25) is 25.7 Å². The Morgan fingerprint density at radius 3 is 2.59 bits per heavy atom. The van der Waals surface area contributed by atoms with Crippen molar-refractivity contribution >= 4 is 31.1 Å². The predicted molar refractivity (Wildman–Crippen MR) is 144 cm³/mol. The number of aldehydes is 1. The van der Waals surface area contributed by atoms with Crippen molar-refractivity contribution in [3.8, 4) is 17.1 Å². The molecular formula is C27H36FN5O3Si. The summed E-state index contributed by atoms with van der Waals surface area (Å²) in [7, 11) is -1.24. The lowest BCUT2D eigenvalue weighted by molar-refractivity contribution is -0.111. The van der Waals surface area contributed by atoms with Crippen molar-refractivity contribution < 1.29 is 18.7 Å². The van der Waals surface area contributed by atoms with Crippen molar-refractivity contribution in [1.82, 2.24) is 19.7 Å². The summed E-state index contributed by atoms with van der Waals surface area (Å²) >= 11 is 0. The Kier molecular flexibility index (Phi) is 7.06. The molecule has 1 aromatic carbocycles. The number of hydrogen-bond donors (Lipinski definition) is 0. The highest BCUT2D eigenvalue weighted by atomic mass is 28.3. The zero-order valence-corrected chi connectivity index (χ0v) is 23.2. The van der Waals surface area contributed by atoms with Gasteiger partial charge in [0.05, 0.1) is 16.9 Å². The molecule has 0 amide bonds. The Morgan fingerprint density at radius 1 is 1.16 bits per heavy atom. The molecule has 5 rings (SSSR count). The van der Waals surface area contributed by atoms with E-state index in [1.807, 2.05) is 13.0 Å². The van der Waals surface area contributed by atoms with Crippen molar-refractivity contribution in [2.75, 3.05) is 24.6 Å². The van der Waals surface area contributed by atoms with Crippen molar-refractivity contribution in [2.45, 2.75) is 70.6 Å². The molecule has 1 saturated carbocycles. The number of carbonyl (C=O) groups is 1. The van der Waals surface area contributed by atoms with Crippen LogP contribution in [-0.4, -0.2) is 59.4 Å². The van der Waals surface area contributed by atoms with E-state index in [0.717, 1.165) is 68.0 Å². The number of fused-ring (bicyclic) bond motifs is 1. The molecule has 2 fully saturated rings. The first-order chi connectivity index (χ1) is 17.6. The van der Waals surface area contributed by atoms with Gasteiger partial charge in [-0.15, -0.1) is 0 Å². The van der Waals surface area contributed by atoms with Crippen LogP contribution in [0.15, 0.2) is 24.5 Å². The molecule has 1 saturated heterocycles. The summed E-state index contributed by atoms with van der Waals surface area (Å²) in [6, 6.07) is 6.17. The van der Waals surface area contributed by atoms with E-state index in [9.17, 15) is 9.18 Å². The maximum atomic E-state index is 15.0. The summed E-state index contributed by atoms with van der Waals surface area (Å²) in [5, 5.41) is 5.46. The number of aromatic nitrogens is 4. The Bertz CT molecular complexity index is 1280. The summed E-state index contributed by atoms with van der Waals surface area (Å²) in [5.74, 6) is 0.730. The fourth-order valence-electron chi connectivity index (χ4n) is 4.56. The van der Waals surface area contributed by atoms with E-state index in [0.29, 0.717) is 17.8 Å². The van der Waals surface area contributed by atoms with Crippen molar-refractivity contribution in [2.24, 2.45) is 5.92 Å². The topological polar surface area (TPSA) is 82.4 Å². The van der Waals surface area contributed by atoms with Gasteiger partial charge in [0.1, 0.15) is 30.8 Å². The Balaban J connectivity index is 1.50. The second kappa shape index (κ2) is 10.1. The molecule has 3 heterocycles. The number of rotatable bonds is 10. The molecule has 8 nitrogen and oxygen atoms in total. The molecule has 2 aromatic heterocycles. The number of carbonyl (C=O) groups excluding carboxylic acids is 1. The number of piperidine rings is 1. The van der Waals surface area contributed by atoms with Gasteiger partial charge in [-0.2, -0.15) is 5.10 Å². The van der Waals surface area contributed by atoms with E-state index in [2.05, 4.69) is 34.5 Å². The molecule has 1 aliphatic carbocycles. The summed E-state index contributed by atoms with van der Waals surface area (Å²) in [4.78, 5) is 22.5. The van der Waals surface area contributed by atoms with Gasteiger partial charge < -0.3 is 19.2 Å². The minimum atomic E-state index is -1.24. The maximum absolute atomic E-state index is 15.0. The van der Waals surface area contributed by atoms with Crippen LogP contribution in [0.1, 0.15) is 32.6 Å². The molecule has 198 valence electrons. The second-order valence-electron chi connectivity index (χ2n) is 11.8. The highest BCUT2D eigenvalue weighted by Crippen LogP contribution is 2.42. The van der Waals surface area contributed by atoms with Gasteiger partial charge in [0.2, 0.25) is 0 Å². The lowest BCUT2D eigenvalue weighted by atomic mass is 9.98. The van der Waals surface area contributed by atoms with E-state index < -0.39 is 13.9 Å². The standard InChI is InChI=1S/C27H36FN5O3Si/c1-27(7-8-27)36-24-13-20-22(14-21(24)28)31-33(18-35-11-12-37(2,3)4)26(20)23-15-25(30-17-29-23)32-9-5-19(16-34)6-10-32/h13-17,19H,5-12,18H2,1-4H3. The zero-order chi connectivity index (χ0) is 26.2. The van der Waals surface area contributed by atoms with Crippen LogP contribution in [0.4, 0.5) is 10.2 Å². The Labute approximate surface area is 218 Å². The Hall–Kier alpha value is -2.85. The van der Waals surface area contributed by atoms with Gasteiger partial charge in [-0.25, -0.2) is 19.0 Å². The molecule has 0 unspecified atom stereocenters. The number of halogens is 1. The molecule has 0 spiro atoms. The molecule has 0 bridgehead atoms. The van der Waals surface area contributed by atoms with Crippen LogP contribution in [0.5, 0.6) is 5.75 Å². The fourth-order valence-corrected chi connectivity index (χ4v) is 5.32. The zero-order valence-electron chi connectivity index (χ0n) is 22.2. The number of nitrogens with zero attached hydrogens (tertiary/aromatic N) is 5. The van der Waals surface area contributed by atoms with E-state index in [1.54, 1.807) is 17.1 Å².